The van der Waals surface area contributed by atoms with E-state index < -0.39 is 0 Å². The number of carbonyl (C=O) groups is 1. The summed E-state index contributed by atoms with van der Waals surface area (Å²) in [5, 5.41) is 6.15. The Bertz CT molecular complexity index is 444. The molecule has 2 N–H and O–H groups in total. The molecule has 1 aromatic rings. The largest absolute Gasteiger partial charge is 0.370 e. The molecule has 1 saturated heterocycles. The normalized spacial score (nSPS) is 15.1. The third-order valence-corrected chi connectivity index (χ3v) is 3.67. The summed E-state index contributed by atoms with van der Waals surface area (Å²) >= 11 is 0. The van der Waals surface area contributed by atoms with E-state index in [2.05, 4.69) is 27.4 Å². The van der Waals surface area contributed by atoms with E-state index >= 15 is 0 Å². The number of pyridine rings is 1. The van der Waals surface area contributed by atoms with E-state index in [-0.39, 0.29) is 5.91 Å². The highest BCUT2D eigenvalue weighted by Gasteiger charge is 2.11. The van der Waals surface area contributed by atoms with Crippen LogP contribution in [0, 0.1) is 0 Å². The summed E-state index contributed by atoms with van der Waals surface area (Å²) in [6.07, 6.45) is 4.66. The molecule has 0 unspecified atom stereocenters. The summed E-state index contributed by atoms with van der Waals surface area (Å²) in [6, 6.07) is 5.51. The van der Waals surface area contributed by atoms with Gasteiger partial charge >= 0.3 is 0 Å². The molecule has 0 radical (unpaired) electrons. The summed E-state index contributed by atoms with van der Waals surface area (Å²) in [6.45, 7) is 7.18. The molecule has 0 saturated carbocycles. The number of hydrogen-bond donors (Lipinski definition) is 2. The van der Waals surface area contributed by atoms with Crippen molar-refractivity contribution in [2.75, 3.05) is 38.0 Å². The van der Waals surface area contributed by atoms with Crippen LogP contribution < -0.4 is 10.6 Å². The van der Waals surface area contributed by atoms with Crippen molar-refractivity contribution in [1.82, 2.24) is 15.2 Å². The van der Waals surface area contributed by atoms with Crippen LogP contribution in [0.25, 0.3) is 0 Å². The number of likely N-dealkylation sites (tertiary alicyclic amines) is 1. The van der Waals surface area contributed by atoms with Gasteiger partial charge in [-0.15, -0.1) is 0 Å². The molecule has 21 heavy (non-hydrogen) atoms. The van der Waals surface area contributed by atoms with Gasteiger partial charge < -0.3 is 15.5 Å². The van der Waals surface area contributed by atoms with Crippen molar-refractivity contribution >= 4 is 11.7 Å². The predicted octanol–water partition coefficient (Wildman–Crippen LogP) is 2.12. The fourth-order valence-electron chi connectivity index (χ4n) is 2.51. The monoisotopic (exact) mass is 290 g/mol. The third-order valence-electron chi connectivity index (χ3n) is 3.67. The van der Waals surface area contributed by atoms with Crippen molar-refractivity contribution < 1.29 is 4.79 Å². The Hall–Kier alpha value is -1.62. The van der Waals surface area contributed by atoms with E-state index in [1.54, 1.807) is 6.07 Å². The molecule has 0 aromatic carbocycles. The van der Waals surface area contributed by atoms with Crippen molar-refractivity contribution in [2.24, 2.45) is 0 Å². The van der Waals surface area contributed by atoms with Gasteiger partial charge in [0.15, 0.2) is 0 Å². The minimum absolute atomic E-state index is 0.0865. The average molecular weight is 290 g/mol. The Labute approximate surface area is 127 Å². The lowest BCUT2D eigenvalue weighted by Gasteiger charge is -2.14. The fourth-order valence-corrected chi connectivity index (χ4v) is 2.51. The fraction of sp³-hybridized carbons (Fsp3) is 0.625. The van der Waals surface area contributed by atoms with Gasteiger partial charge in [-0.2, -0.15) is 0 Å². The number of hydrogen-bond acceptors (Lipinski definition) is 4. The maximum atomic E-state index is 12.1. The number of rotatable bonds is 8. The smallest absolute Gasteiger partial charge is 0.269 e. The molecule has 0 aliphatic carbocycles. The zero-order valence-electron chi connectivity index (χ0n) is 12.9. The SMILES string of the molecule is CCCNc1cccc(C(=O)NCCCN2CCCC2)n1. The van der Waals surface area contributed by atoms with Crippen molar-refractivity contribution in [3.05, 3.63) is 23.9 Å². The van der Waals surface area contributed by atoms with Gasteiger partial charge in [-0.25, -0.2) is 4.98 Å². The highest BCUT2D eigenvalue weighted by atomic mass is 16.1. The zero-order chi connectivity index (χ0) is 14.9. The van der Waals surface area contributed by atoms with Crippen molar-refractivity contribution in [2.45, 2.75) is 32.6 Å². The topological polar surface area (TPSA) is 57.3 Å². The Morgan fingerprint density at radius 3 is 2.86 bits per heavy atom. The molecule has 2 heterocycles. The van der Waals surface area contributed by atoms with Gasteiger partial charge in [0.05, 0.1) is 0 Å². The van der Waals surface area contributed by atoms with Gasteiger partial charge in [0.1, 0.15) is 11.5 Å². The summed E-state index contributed by atoms with van der Waals surface area (Å²) in [7, 11) is 0. The lowest BCUT2D eigenvalue weighted by molar-refractivity contribution is 0.0947. The molecule has 116 valence electrons. The lowest BCUT2D eigenvalue weighted by atomic mass is 10.3. The first-order chi connectivity index (χ1) is 10.3. The van der Waals surface area contributed by atoms with Crippen molar-refractivity contribution in [3.63, 3.8) is 0 Å². The van der Waals surface area contributed by atoms with Gasteiger partial charge in [0.2, 0.25) is 0 Å². The second kappa shape index (κ2) is 8.62. The number of anilines is 1. The van der Waals surface area contributed by atoms with E-state index in [9.17, 15) is 4.79 Å². The van der Waals surface area contributed by atoms with Crippen LogP contribution in [0.2, 0.25) is 0 Å². The van der Waals surface area contributed by atoms with Crippen LogP contribution in [-0.4, -0.2) is 48.5 Å². The molecule has 1 aromatic heterocycles. The number of amides is 1. The Morgan fingerprint density at radius 1 is 1.29 bits per heavy atom. The first-order valence-corrected chi connectivity index (χ1v) is 8.01. The molecular formula is C16H26N4O. The quantitative estimate of drug-likeness (QED) is 0.720. The molecule has 0 atom stereocenters. The standard InChI is InChI=1S/C16H26N4O/c1-2-9-17-15-8-5-7-14(19-15)16(21)18-10-6-13-20-11-3-4-12-20/h5,7-8H,2-4,6,9-13H2,1H3,(H,17,19)(H,18,21). The minimum Gasteiger partial charge on any atom is -0.370 e. The van der Waals surface area contributed by atoms with Crippen LogP contribution in [0.3, 0.4) is 0 Å². The lowest BCUT2D eigenvalue weighted by Crippen LogP contribution is -2.29. The number of nitrogens with zero attached hydrogens (tertiary/aromatic N) is 2. The Kier molecular flexibility index (Phi) is 6.47. The molecule has 1 aliphatic rings. The molecule has 5 nitrogen and oxygen atoms in total. The molecule has 5 heteroatoms. The van der Waals surface area contributed by atoms with Gasteiger partial charge in [-0.05, 0) is 57.5 Å². The van der Waals surface area contributed by atoms with Crippen LogP contribution in [0.1, 0.15) is 43.1 Å². The van der Waals surface area contributed by atoms with E-state index in [0.29, 0.717) is 12.2 Å². The molecule has 2 rings (SSSR count). The van der Waals surface area contributed by atoms with Crippen LogP contribution in [0.4, 0.5) is 5.82 Å². The highest BCUT2D eigenvalue weighted by molar-refractivity contribution is 5.92. The van der Waals surface area contributed by atoms with E-state index in [1.807, 2.05) is 12.1 Å². The average Bonchev–Trinajstić information content (AvgIpc) is 3.03. The molecule has 0 spiro atoms. The molecular weight excluding hydrogens is 264 g/mol. The van der Waals surface area contributed by atoms with Crippen LogP contribution in [0.15, 0.2) is 18.2 Å². The summed E-state index contributed by atoms with van der Waals surface area (Å²) in [4.78, 5) is 18.8. The van der Waals surface area contributed by atoms with E-state index in [4.69, 9.17) is 0 Å². The van der Waals surface area contributed by atoms with Gasteiger partial charge in [0, 0.05) is 13.1 Å². The first-order valence-electron chi connectivity index (χ1n) is 8.01. The molecule has 0 bridgehead atoms. The molecule has 1 aliphatic heterocycles. The maximum Gasteiger partial charge on any atom is 0.269 e. The van der Waals surface area contributed by atoms with Gasteiger partial charge in [-0.3, -0.25) is 4.79 Å². The van der Waals surface area contributed by atoms with Crippen LogP contribution in [-0.2, 0) is 0 Å². The number of nitrogens with one attached hydrogen (secondary N) is 2. The summed E-state index contributed by atoms with van der Waals surface area (Å²) in [5.74, 6) is 0.679. The highest BCUT2D eigenvalue weighted by Crippen LogP contribution is 2.07. The van der Waals surface area contributed by atoms with Crippen molar-refractivity contribution in [1.29, 1.82) is 0 Å². The Balaban J connectivity index is 1.71. The van der Waals surface area contributed by atoms with Gasteiger partial charge in [-0.1, -0.05) is 13.0 Å². The molecule has 1 fully saturated rings. The first kappa shape index (κ1) is 15.8. The second-order valence-corrected chi connectivity index (χ2v) is 5.49. The molecule has 1 amide bonds. The second-order valence-electron chi connectivity index (χ2n) is 5.49. The minimum atomic E-state index is -0.0865. The van der Waals surface area contributed by atoms with E-state index in [1.165, 1.54) is 25.9 Å². The summed E-state index contributed by atoms with van der Waals surface area (Å²) in [5.41, 5.74) is 0.484. The number of carbonyl (C=O) groups excluding carboxylic acids is 1. The maximum absolute atomic E-state index is 12.1. The van der Waals surface area contributed by atoms with Crippen molar-refractivity contribution in [3.8, 4) is 0 Å². The van der Waals surface area contributed by atoms with Crippen LogP contribution in [0.5, 0.6) is 0 Å². The zero-order valence-corrected chi connectivity index (χ0v) is 12.9. The summed E-state index contributed by atoms with van der Waals surface area (Å²) < 4.78 is 0. The number of aromatic nitrogens is 1. The van der Waals surface area contributed by atoms with Gasteiger partial charge in [0.25, 0.3) is 5.91 Å². The predicted molar refractivity (Wildman–Crippen MR) is 85.6 cm³/mol. The Morgan fingerprint density at radius 2 is 2.10 bits per heavy atom. The third kappa shape index (κ3) is 5.34. The van der Waals surface area contributed by atoms with Crippen LogP contribution >= 0.6 is 0 Å². The van der Waals surface area contributed by atoms with E-state index in [0.717, 1.165) is 31.7 Å².